The third kappa shape index (κ3) is 4.60. The fourth-order valence-corrected chi connectivity index (χ4v) is 3.98. The van der Waals surface area contributed by atoms with Crippen molar-refractivity contribution in [2.45, 2.75) is 26.1 Å². The molecule has 2 aromatic carbocycles. The summed E-state index contributed by atoms with van der Waals surface area (Å²) in [5, 5.41) is 2.72. The van der Waals surface area contributed by atoms with E-state index in [-0.39, 0.29) is 30.6 Å². The summed E-state index contributed by atoms with van der Waals surface area (Å²) in [5.74, 6) is 0.000533. The summed E-state index contributed by atoms with van der Waals surface area (Å²) >= 11 is 0. The summed E-state index contributed by atoms with van der Waals surface area (Å²) in [7, 11) is 1.50. The lowest BCUT2D eigenvalue weighted by molar-refractivity contribution is -0.145. The van der Waals surface area contributed by atoms with E-state index in [1.165, 1.54) is 25.3 Å². The van der Waals surface area contributed by atoms with Gasteiger partial charge >= 0.3 is 0 Å². The third-order valence-corrected chi connectivity index (χ3v) is 5.39. The van der Waals surface area contributed by atoms with Gasteiger partial charge in [-0.3, -0.25) is 9.59 Å². The van der Waals surface area contributed by atoms with Crippen LogP contribution in [0, 0.1) is 5.82 Å². The van der Waals surface area contributed by atoms with Gasteiger partial charge in [0.1, 0.15) is 5.82 Å². The average Bonchev–Trinajstić information content (AvgIpc) is 3.06. The average molecular weight is 440 g/mol. The molecule has 2 amide bonds. The van der Waals surface area contributed by atoms with E-state index < -0.39 is 5.82 Å². The minimum atomic E-state index is -0.416. The predicted octanol–water partition coefficient (Wildman–Crippen LogP) is 3.34. The SMILES string of the molecule is COc1cc(/C=C2\C(=O)Nc3ccc(F)cc32)ccc1OCC(=O)N1CC(C)OC(C)C1. The van der Waals surface area contributed by atoms with E-state index in [1.54, 1.807) is 29.2 Å². The van der Waals surface area contributed by atoms with Crippen LogP contribution in [0.4, 0.5) is 10.1 Å². The van der Waals surface area contributed by atoms with Gasteiger partial charge in [-0.05, 0) is 55.8 Å². The molecular formula is C24H25FN2O5. The molecule has 4 rings (SSSR count). The number of rotatable bonds is 5. The van der Waals surface area contributed by atoms with Crippen LogP contribution in [0.3, 0.4) is 0 Å². The predicted molar refractivity (Wildman–Crippen MR) is 118 cm³/mol. The Balaban J connectivity index is 1.49. The molecule has 32 heavy (non-hydrogen) atoms. The summed E-state index contributed by atoms with van der Waals surface area (Å²) < 4.78 is 30.5. The van der Waals surface area contributed by atoms with E-state index in [0.717, 1.165) is 0 Å². The molecule has 0 radical (unpaired) electrons. The molecular weight excluding hydrogens is 415 g/mol. The van der Waals surface area contributed by atoms with Crippen LogP contribution in [0.1, 0.15) is 25.0 Å². The summed E-state index contributed by atoms with van der Waals surface area (Å²) in [4.78, 5) is 26.6. The van der Waals surface area contributed by atoms with Crippen LogP contribution in [-0.2, 0) is 14.3 Å². The highest BCUT2D eigenvalue weighted by atomic mass is 19.1. The molecule has 168 valence electrons. The van der Waals surface area contributed by atoms with Crippen molar-refractivity contribution in [3.63, 3.8) is 0 Å². The van der Waals surface area contributed by atoms with E-state index in [2.05, 4.69) is 5.32 Å². The van der Waals surface area contributed by atoms with Crippen molar-refractivity contribution < 1.29 is 28.2 Å². The Morgan fingerprint density at radius 3 is 2.66 bits per heavy atom. The zero-order chi connectivity index (χ0) is 22.8. The Morgan fingerprint density at radius 2 is 1.94 bits per heavy atom. The van der Waals surface area contributed by atoms with Crippen molar-refractivity contribution in [3.8, 4) is 11.5 Å². The Bertz CT molecular complexity index is 1070. The highest BCUT2D eigenvalue weighted by Gasteiger charge is 2.27. The topological polar surface area (TPSA) is 77.1 Å². The van der Waals surface area contributed by atoms with Crippen molar-refractivity contribution in [1.29, 1.82) is 0 Å². The van der Waals surface area contributed by atoms with Crippen molar-refractivity contribution in [2.24, 2.45) is 0 Å². The van der Waals surface area contributed by atoms with Gasteiger partial charge in [0.05, 0.1) is 19.3 Å². The van der Waals surface area contributed by atoms with E-state index in [9.17, 15) is 14.0 Å². The van der Waals surface area contributed by atoms with Crippen LogP contribution in [0.5, 0.6) is 11.5 Å². The molecule has 7 nitrogen and oxygen atoms in total. The first kappa shape index (κ1) is 21.8. The highest BCUT2D eigenvalue weighted by Crippen LogP contribution is 2.35. The quantitative estimate of drug-likeness (QED) is 0.722. The zero-order valence-electron chi connectivity index (χ0n) is 18.2. The molecule has 0 aromatic heterocycles. The van der Waals surface area contributed by atoms with Crippen LogP contribution in [-0.4, -0.2) is 55.7 Å². The molecule has 2 unspecified atom stereocenters. The summed E-state index contributed by atoms with van der Waals surface area (Å²) in [6.07, 6.45) is 1.63. The maximum absolute atomic E-state index is 13.7. The minimum Gasteiger partial charge on any atom is -0.493 e. The van der Waals surface area contributed by atoms with Gasteiger partial charge in [-0.1, -0.05) is 6.07 Å². The molecule has 1 fully saturated rings. The number of morpholine rings is 1. The molecule has 1 N–H and O–H groups in total. The molecule has 2 aromatic rings. The molecule has 0 spiro atoms. The first-order valence-corrected chi connectivity index (χ1v) is 10.4. The normalized spacial score (nSPS) is 21.3. The van der Waals surface area contributed by atoms with E-state index in [1.807, 2.05) is 13.8 Å². The standard InChI is InChI=1S/C24H25FN2O5/c1-14-11-27(12-15(2)32-14)23(28)13-31-21-7-4-16(9-22(21)30-3)8-19-18-10-17(25)5-6-20(18)26-24(19)29/h4-10,14-15H,11-13H2,1-3H3,(H,26,29)/b19-8-. The number of carbonyl (C=O) groups excluding carboxylic acids is 2. The number of amides is 2. The second-order valence-corrected chi connectivity index (χ2v) is 7.96. The number of hydrogen-bond acceptors (Lipinski definition) is 5. The lowest BCUT2D eigenvalue weighted by Gasteiger charge is -2.35. The molecule has 2 atom stereocenters. The Labute approximate surface area is 185 Å². The maximum Gasteiger partial charge on any atom is 0.260 e. The van der Waals surface area contributed by atoms with Gasteiger partial charge in [0.2, 0.25) is 0 Å². The van der Waals surface area contributed by atoms with E-state index in [0.29, 0.717) is 47.0 Å². The first-order valence-electron chi connectivity index (χ1n) is 10.4. The molecule has 0 saturated carbocycles. The van der Waals surface area contributed by atoms with Crippen molar-refractivity contribution in [2.75, 3.05) is 32.1 Å². The minimum absolute atomic E-state index is 0.0176. The first-order chi connectivity index (χ1) is 15.3. The van der Waals surface area contributed by atoms with Gasteiger partial charge in [0.25, 0.3) is 11.8 Å². The van der Waals surface area contributed by atoms with Crippen LogP contribution in [0.25, 0.3) is 11.6 Å². The number of ether oxygens (including phenoxy) is 3. The Kier molecular flexibility index (Phi) is 6.14. The molecule has 8 heteroatoms. The number of anilines is 1. The third-order valence-electron chi connectivity index (χ3n) is 5.39. The highest BCUT2D eigenvalue weighted by molar-refractivity contribution is 6.34. The fourth-order valence-electron chi connectivity index (χ4n) is 3.98. The molecule has 2 aliphatic heterocycles. The zero-order valence-corrected chi connectivity index (χ0v) is 18.2. The van der Waals surface area contributed by atoms with Crippen molar-refractivity contribution in [3.05, 3.63) is 53.3 Å². The summed E-state index contributed by atoms with van der Waals surface area (Å²) in [5.41, 5.74) is 2.12. The molecule has 0 aliphatic carbocycles. The van der Waals surface area contributed by atoms with Gasteiger partial charge in [0.15, 0.2) is 18.1 Å². The lowest BCUT2D eigenvalue weighted by atomic mass is 10.0. The summed E-state index contributed by atoms with van der Waals surface area (Å²) in [6, 6.07) is 9.30. The number of benzene rings is 2. The number of methoxy groups -OCH3 is 1. The van der Waals surface area contributed by atoms with Crippen molar-refractivity contribution >= 4 is 29.2 Å². The number of fused-ring (bicyclic) bond motifs is 1. The number of carbonyl (C=O) groups is 2. The lowest BCUT2D eigenvalue weighted by Crippen LogP contribution is -2.49. The second-order valence-electron chi connectivity index (χ2n) is 7.96. The molecule has 2 heterocycles. The molecule has 0 bridgehead atoms. The fraction of sp³-hybridized carbons (Fsp3) is 0.333. The van der Waals surface area contributed by atoms with E-state index in [4.69, 9.17) is 14.2 Å². The van der Waals surface area contributed by atoms with Crippen LogP contribution >= 0.6 is 0 Å². The second kappa shape index (κ2) is 9.00. The van der Waals surface area contributed by atoms with Crippen LogP contribution < -0.4 is 14.8 Å². The van der Waals surface area contributed by atoms with Gasteiger partial charge in [-0.25, -0.2) is 4.39 Å². The van der Waals surface area contributed by atoms with Gasteiger partial charge in [-0.15, -0.1) is 0 Å². The summed E-state index contributed by atoms with van der Waals surface area (Å²) in [6.45, 7) is 4.81. The number of hydrogen-bond donors (Lipinski definition) is 1. The smallest absolute Gasteiger partial charge is 0.260 e. The van der Waals surface area contributed by atoms with Gasteiger partial charge < -0.3 is 24.4 Å². The van der Waals surface area contributed by atoms with Crippen LogP contribution in [0.15, 0.2) is 36.4 Å². The molecule has 2 aliphatic rings. The van der Waals surface area contributed by atoms with Crippen molar-refractivity contribution in [1.82, 2.24) is 4.90 Å². The monoisotopic (exact) mass is 440 g/mol. The number of halogens is 1. The van der Waals surface area contributed by atoms with E-state index >= 15 is 0 Å². The maximum atomic E-state index is 13.7. The molecule has 1 saturated heterocycles. The van der Waals surface area contributed by atoms with Gasteiger partial charge in [0, 0.05) is 29.9 Å². The van der Waals surface area contributed by atoms with Crippen LogP contribution in [0.2, 0.25) is 0 Å². The Hall–Kier alpha value is -3.39. The largest absolute Gasteiger partial charge is 0.493 e. The number of nitrogens with zero attached hydrogens (tertiary/aromatic N) is 1. The van der Waals surface area contributed by atoms with Gasteiger partial charge in [-0.2, -0.15) is 0 Å². The Morgan fingerprint density at radius 1 is 1.19 bits per heavy atom. The number of nitrogens with one attached hydrogen (secondary N) is 1.